The molecule has 1 aromatic rings. The highest BCUT2D eigenvalue weighted by Crippen LogP contribution is 2.20. The summed E-state index contributed by atoms with van der Waals surface area (Å²) in [7, 11) is -3.58. The van der Waals surface area contributed by atoms with Crippen molar-refractivity contribution in [2.24, 2.45) is 0 Å². The van der Waals surface area contributed by atoms with Crippen LogP contribution < -0.4 is 0 Å². The number of carbonyl (C=O) groups is 1. The highest BCUT2D eigenvalue weighted by Gasteiger charge is 2.33. The molecule has 132 valence electrons. The fourth-order valence-electron chi connectivity index (χ4n) is 2.94. The number of hydrogen-bond acceptors (Lipinski definition) is 4. The Bertz CT molecular complexity index is 684. The number of morpholine rings is 1. The van der Waals surface area contributed by atoms with Crippen molar-refractivity contribution in [1.29, 1.82) is 0 Å². The molecule has 2 heterocycles. The SMILES string of the molecule is Cc1ccc(S(=O)(=O)N2CCCN(C(=O)N3CCOCC3)C2)cc1. The van der Waals surface area contributed by atoms with E-state index in [1.165, 1.54) is 4.31 Å². The molecule has 0 spiro atoms. The molecular formula is C16H23N3O4S. The molecule has 0 aromatic heterocycles. The van der Waals surface area contributed by atoms with Crippen molar-refractivity contribution in [3.8, 4) is 0 Å². The molecular weight excluding hydrogens is 330 g/mol. The van der Waals surface area contributed by atoms with E-state index in [0.717, 1.165) is 5.56 Å². The number of nitrogens with zero attached hydrogens (tertiary/aromatic N) is 3. The lowest BCUT2D eigenvalue weighted by atomic mass is 10.2. The Morgan fingerprint density at radius 3 is 2.33 bits per heavy atom. The van der Waals surface area contributed by atoms with Crippen molar-refractivity contribution in [3.63, 3.8) is 0 Å². The molecule has 0 saturated carbocycles. The monoisotopic (exact) mass is 353 g/mol. The van der Waals surface area contributed by atoms with Crippen molar-refractivity contribution in [2.75, 3.05) is 46.1 Å². The van der Waals surface area contributed by atoms with Gasteiger partial charge in [-0.05, 0) is 25.5 Å². The van der Waals surface area contributed by atoms with Gasteiger partial charge >= 0.3 is 6.03 Å². The summed E-state index contributed by atoms with van der Waals surface area (Å²) in [5.41, 5.74) is 1.01. The molecule has 0 atom stereocenters. The molecule has 3 rings (SSSR count). The summed E-state index contributed by atoms with van der Waals surface area (Å²) in [6.07, 6.45) is 0.640. The molecule has 8 heteroatoms. The van der Waals surface area contributed by atoms with E-state index < -0.39 is 10.0 Å². The van der Waals surface area contributed by atoms with E-state index in [-0.39, 0.29) is 17.6 Å². The Morgan fingerprint density at radius 1 is 1.00 bits per heavy atom. The van der Waals surface area contributed by atoms with Crippen molar-refractivity contribution < 1.29 is 17.9 Å². The van der Waals surface area contributed by atoms with E-state index in [1.807, 2.05) is 6.92 Å². The van der Waals surface area contributed by atoms with Crippen LogP contribution in [0.15, 0.2) is 29.2 Å². The third kappa shape index (κ3) is 3.55. The van der Waals surface area contributed by atoms with E-state index in [0.29, 0.717) is 45.8 Å². The highest BCUT2D eigenvalue weighted by atomic mass is 32.2. The number of hydrogen-bond donors (Lipinski definition) is 0. The summed E-state index contributed by atoms with van der Waals surface area (Å²) in [5, 5.41) is 0. The molecule has 0 aliphatic carbocycles. The molecule has 2 aliphatic heterocycles. The van der Waals surface area contributed by atoms with Crippen LogP contribution in [0.4, 0.5) is 4.79 Å². The molecule has 0 bridgehead atoms. The zero-order valence-corrected chi connectivity index (χ0v) is 14.7. The van der Waals surface area contributed by atoms with Crippen molar-refractivity contribution >= 4 is 16.1 Å². The second-order valence-corrected chi connectivity index (χ2v) is 8.07. The topological polar surface area (TPSA) is 70.2 Å². The van der Waals surface area contributed by atoms with Crippen molar-refractivity contribution in [2.45, 2.75) is 18.2 Å². The molecule has 2 aliphatic rings. The van der Waals surface area contributed by atoms with Crippen LogP contribution >= 0.6 is 0 Å². The minimum absolute atomic E-state index is 0.104. The van der Waals surface area contributed by atoms with Crippen LogP contribution in [0.25, 0.3) is 0 Å². The smallest absolute Gasteiger partial charge is 0.321 e. The molecule has 2 fully saturated rings. The Morgan fingerprint density at radius 2 is 1.67 bits per heavy atom. The predicted octanol–water partition coefficient (Wildman–Crippen LogP) is 1.10. The fourth-order valence-corrected chi connectivity index (χ4v) is 4.38. The molecule has 24 heavy (non-hydrogen) atoms. The highest BCUT2D eigenvalue weighted by molar-refractivity contribution is 7.89. The Labute approximate surface area is 142 Å². The van der Waals surface area contributed by atoms with Gasteiger partial charge in [-0.1, -0.05) is 17.7 Å². The first-order chi connectivity index (χ1) is 11.5. The number of carbonyl (C=O) groups excluding carboxylic acids is 1. The van der Waals surface area contributed by atoms with E-state index in [1.54, 1.807) is 34.1 Å². The third-order valence-corrected chi connectivity index (χ3v) is 6.22. The first kappa shape index (κ1) is 17.2. The molecule has 0 unspecified atom stereocenters. The molecule has 0 radical (unpaired) electrons. The van der Waals surface area contributed by atoms with Crippen LogP contribution in [0, 0.1) is 6.92 Å². The average Bonchev–Trinajstić information content (AvgIpc) is 2.62. The van der Waals surface area contributed by atoms with E-state index >= 15 is 0 Å². The number of ether oxygens (including phenoxy) is 1. The van der Waals surface area contributed by atoms with Crippen LogP contribution in [0.1, 0.15) is 12.0 Å². The van der Waals surface area contributed by atoms with Gasteiger partial charge < -0.3 is 14.5 Å². The van der Waals surface area contributed by atoms with Gasteiger partial charge in [-0.3, -0.25) is 0 Å². The minimum atomic E-state index is -3.58. The number of sulfonamides is 1. The summed E-state index contributed by atoms with van der Waals surface area (Å²) in [6.45, 7) is 5.21. The molecule has 2 saturated heterocycles. The number of aryl methyl sites for hydroxylation is 1. The van der Waals surface area contributed by atoms with Gasteiger partial charge in [0.1, 0.15) is 0 Å². The van der Waals surface area contributed by atoms with Crippen LogP contribution in [-0.2, 0) is 14.8 Å². The molecule has 1 aromatic carbocycles. The summed E-state index contributed by atoms with van der Waals surface area (Å²) in [6, 6.07) is 6.70. The average molecular weight is 353 g/mol. The first-order valence-corrected chi connectivity index (χ1v) is 9.61. The van der Waals surface area contributed by atoms with Gasteiger partial charge in [0.05, 0.1) is 24.8 Å². The Balaban J connectivity index is 1.72. The van der Waals surface area contributed by atoms with Crippen LogP contribution in [-0.4, -0.2) is 74.6 Å². The molecule has 2 amide bonds. The van der Waals surface area contributed by atoms with Crippen LogP contribution in [0.5, 0.6) is 0 Å². The third-order valence-electron chi connectivity index (χ3n) is 4.37. The quantitative estimate of drug-likeness (QED) is 0.798. The van der Waals surface area contributed by atoms with Gasteiger partial charge in [-0.2, -0.15) is 4.31 Å². The summed E-state index contributed by atoms with van der Waals surface area (Å²) < 4.78 is 32.2. The van der Waals surface area contributed by atoms with Crippen LogP contribution in [0.3, 0.4) is 0 Å². The van der Waals surface area contributed by atoms with Gasteiger partial charge in [-0.15, -0.1) is 0 Å². The minimum Gasteiger partial charge on any atom is -0.378 e. The zero-order valence-electron chi connectivity index (χ0n) is 13.8. The normalized spacial score (nSPS) is 20.2. The van der Waals surface area contributed by atoms with E-state index in [4.69, 9.17) is 4.74 Å². The van der Waals surface area contributed by atoms with Gasteiger partial charge in [0.2, 0.25) is 10.0 Å². The second-order valence-electron chi connectivity index (χ2n) is 6.13. The lowest BCUT2D eigenvalue weighted by Gasteiger charge is -2.38. The number of benzene rings is 1. The van der Waals surface area contributed by atoms with Gasteiger partial charge in [-0.25, -0.2) is 13.2 Å². The number of urea groups is 1. The van der Waals surface area contributed by atoms with Crippen LogP contribution in [0.2, 0.25) is 0 Å². The second kappa shape index (κ2) is 7.08. The lowest BCUT2D eigenvalue weighted by Crippen LogP contribution is -2.55. The molecule has 0 N–H and O–H groups in total. The Hall–Kier alpha value is -1.64. The van der Waals surface area contributed by atoms with Gasteiger partial charge in [0.25, 0.3) is 0 Å². The lowest BCUT2D eigenvalue weighted by molar-refractivity contribution is 0.0370. The molecule has 7 nitrogen and oxygen atoms in total. The zero-order chi connectivity index (χ0) is 17.2. The first-order valence-electron chi connectivity index (χ1n) is 8.17. The predicted molar refractivity (Wildman–Crippen MR) is 89.0 cm³/mol. The maximum atomic E-state index is 12.8. The summed E-state index contributed by atoms with van der Waals surface area (Å²) in [4.78, 5) is 16.2. The number of amides is 2. The van der Waals surface area contributed by atoms with Gasteiger partial charge in [0.15, 0.2) is 0 Å². The Kier molecular flexibility index (Phi) is 5.07. The summed E-state index contributed by atoms with van der Waals surface area (Å²) in [5.74, 6) is 0. The van der Waals surface area contributed by atoms with E-state index in [2.05, 4.69) is 0 Å². The maximum Gasteiger partial charge on any atom is 0.321 e. The van der Waals surface area contributed by atoms with Crippen molar-refractivity contribution in [3.05, 3.63) is 29.8 Å². The van der Waals surface area contributed by atoms with Crippen molar-refractivity contribution in [1.82, 2.24) is 14.1 Å². The summed E-state index contributed by atoms with van der Waals surface area (Å²) >= 11 is 0. The van der Waals surface area contributed by atoms with E-state index in [9.17, 15) is 13.2 Å². The van der Waals surface area contributed by atoms with Gasteiger partial charge in [0, 0.05) is 26.2 Å². The standard InChI is InChI=1S/C16H23N3O4S/c1-14-3-5-15(6-4-14)24(21,22)19-8-2-7-18(13-19)16(20)17-9-11-23-12-10-17/h3-6H,2,7-13H2,1H3. The maximum absolute atomic E-state index is 12.8. The fraction of sp³-hybridized carbons (Fsp3) is 0.562. The largest absolute Gasteiger partial charge is 0.378 e. The number of rotatable bonds is 2.